The van der Waals surface area contributed by atoms with Crippen LogP contribution in [0.5, 0.6) is 0 Å². The lowest BCUT2D eigenvalue weighted by atomic mass is 10.1. The fourth-order valence-corrected chi connectivity index (χ4v) is 2.19. The molecule has 0 saturated heterocycles. The van der Waals surface area contributed by atoms with Crippen LogP contribution in [0.2, 0.25) is 0 Å². The normalized spacial score (nSPS) is 10.6. The lowest BCUT2D eigenvalue weighted by Crippen LogP contribution is -2.37. The number of ether oxygens (including phenoxy) is 1. The van der Waals surface area contributed by atoms with E-state index in [9.17, 15) is 4.79 Å². The summed E-state index contributed by atoms with van der Waals surface area (Å²) in [5, 5.41) is 10.1. The monoisotopic (exact) mass is 282 g/mol. The van der Waals surface area contributed by atoms with Gasteiger partial charge < -0.3 is 15.4 Å². The van der Waals surface area contributed by atoms with Crippen molar-refractivity contribution in [1.29, 1.82) is 0 Å². The number of amides is 2. The number of rotatable bonds is 8. The number of carbonyl (C=O) groups excluding carboxylic acids is 1. The maximum Gasteiger partial charge on any atom is 0.314 e. The van der Waals surface area contributed by atoms with E-state index in [0.717, 1.165) is 25.1 Å². The standard InChI is InChI=1S/C14H26N4O2/c1-5-18-12(3)13(11(2)17-18)7-9-16-14(19)15-8-6-10-20-4/h5-10H2,1-4H3,(H2,15,16,19). The van der Waals surface area contributed by atoms with Gasteiger partial charge in [0.2, 0.25) is 0 Å². The van der Waals surface area contributed by atoms with Crippen LogP contribution in [-0.2, 0) is 17.7 Å². The zero-order chi connectivity index (χ0) is 15.0. The zero-order valence-electron chi connectivity index (χ0n) is 13.0. The van der Waals surface area contributed by atoms with Crippen molar-refractivity contribution in [2.75, 3.05) is 26.8 Å². The maximum atomic E-state index is 11.5. The molecule has 1 heterocycles. The smallest absolute Gasteiger partial charge is 0.314 e. The second-order valence-electron chi connectivity index (χ2n) is 4.74. The van der Waals surface area contributed by atoms with Crippen molar-refractivity contribution in [2.45, 2.75) is 40.2 Å². The molecule has 0 spiro atoms. The lowest BCUT2D eigenvalue weighted by Gasteiger charge is -2.08. The van der Waals surface area contributed by atoms with Crippen LogP contribution < -0.4 is 10.6 Å². The minimum atomic E-state index is -0.126. The molecule has 1 rings (SSSR count). The third-order valence-corrected chi connectivity index (χ3v) is 3.30. The minimum Gasteiger partial charge on any atom is -0.385 e. The number of nitrogens with one attached hydrogen (secondary N) is 2. The maximum absolute atomic E-state index is 11.5. The van der Waals surface area contributed by atoms with E-state index >= 15 is 0 Å². The van der Waals surface area contributed by atoms with Crippen molar-refractivity contribution in [2.24, 2.45) is 0 Å². The van der Waals surface area contributed by atoms with Crippen molar-refractivity contribution >= 4 is 6.03 Å². The van der Waals surface area contributed by atoms with E-state index in [-0.39, 0.29) is 6.03 Å². The fraction of sp³-hybridized carbons (Fsp3) is 0.714. The van der Waals surface area contributed by atoms with Gasteiger partial charge in [-0.25, -0.2) is 4.79 Å². The van der Waals surface area contributed by atoms with Crippen LogP contribution in [0.25, 0.3) is 0 Å². The molecule has 20 heavy (non-hydrogen) atoms. The SMILES string of the molecule is CCn1nc(C)c(CCNC(=O)NCCCOC)c1C. The van der Waals surface area contributed by atoms with Gasteiger partial charge in [-0.3, -0.25) is 4.68 Å². The summed E-state index contributed by atoms with van der Waals surface area (Å²) in [5.74, 6) is 0. The summed E-state index contributed by atoms with van der Waals surface area (Å²) >= 11 is 0. The van der Waals surface area contributed by atoms with E-state index in [1.807, 2.05) is 11.6 Å². The molecule has 2 amide bonds. The third kappa shape index (κ3) is 4.85. The Hall–Kier alpha value is -1.56. The Bertz CT molecular complexity index is 429. The Balaban J connectivity index is 2.30. The molecule has 1 aromatic rings. The molecule has 0 unspecified atom stereocenters. The number of carbonyl (C=O) groups is 1. The number of nitrogens with zero attached hydrogens (tertiary/aromatic N) is 2. The first kappa shape index (κ1) is 16.5. The summed E-state index contributed by atoms with van der Waals surface area (Å²) in [7, 11) is 1.65. The number of methoxy groups -OCH3 is 1. The van der Waals surface area contributed by atoms with E-state index in [1.54, 1.807) is 7.11 Å². The average Bonchev–Trinajstić information content (AvgIpc) is 2.70. The number of hydrogen-bond donors (Lipinski definition) is 2. The van der Waals surface area contributed by atoms with Crippen LogP contribution in [0, 0.1) is 13.8 Å². The van der Waals surface area contributed by atoms with Gasteiger partial charge in [0.1, 0.15) is 0 Å². The van der Waals surface area contributed by atoms with E-state index in [4.69, 9.17) is 4.74 Å². The van der Waals surface area contributed by atoms with Crippen molar-refractivity contribution in [3.8, 4) is 0 Å². The van der Waals surface area contributed by atoms with Gasteiger partial charge in [0.15, 0.2) is 0 Å². The average molecular weight is 282 g/mol. The fourth-order valence-electron chi connectivity index (χ4n) is 2.19. The summed E-state index contributed by atoms with van der Waals surface area (Å²) in [5.41, 5.74) is 3.46. The van der Waals surface area contributed by atoms with Gasteiger partial charge >= 0.3 is 6.03 Å². The van der Waals surface area contributed by atoms with E-state index < -0.39 is 0 Å². The highest BCUT2D eigenvalue weighted by molar-refractivity contribution is 5.73. The van der Waals surface area contributed by atoms with Crippen LogP contribution in [0.3, 0.4) is 0 Å². The van der Waals surface area contributed by atoms with E-state index in [0.29, 0.717) is 19.7 Å². The highest BCUT2D eigenvalue weighted by Crippen LogP contribution is 2.13. The van der Waals surface area contributed by atoms with Crippen molar-refractivity contribution in [3.05, 3.63) is 17.0 Å². The summed E-state index contributed by atoms with van der Waals surface area (Å²) in [6.45, 7) is 8.95. The zero-order valence-corrected chi connectivity index (χ0v) is 13.0. The first-order chi connectivity index (χ1) is 9.60. The molecular formula is C14H26N4O2. The summed E-state index contributed by atoms with van der Waals surface area (Å²) in [6.07, 6.45) is 1.63. The highest BCUT2D eigenvalue weighted by Gasteiger charge is 2.10. The first-order valence-electron chi connectivity index (χ1n) is 7.13. The van der Waals surface area contributed by atoms with Crippen molar-refractivity contribution < 1.29 is 9.53 Å². The molecule has 0 aromatic carbocycles. The third-order valence-electron chi connectivity index (χ3n) is 3.30. The van der Waals surface area contributed by atoms with Crippen LogP contribution in [0.4, 0.5) is 4.79 Å². The molecule has 0 radical (unpaired) electrons. The van der Waals surface area contributed by atoms with Gasteiger partial charge in [0.25, 0.3) is 0 Å². The second kappa shape index (κ2) is 8.58. The molecule has 0 aliphatic carbocycles. The summed E-state index contributed by atoms with van der Waals surface area (Å²) < 4.78 is 6.92. The van der Waals surface area contributed by atoms with Crippen molar-refractivity contribution in [1.82, 2.24) is 20.4 Å². The first-order valence-corrected chi connectivity index (χ1v) is 7.13. The predicted octanol–water partition coefficient (Wildman–Crippen LogP) is 1.40. The molecule has 0 atom stereocenters. The molecule has 6 heteroatoms. The summed E-state index contributed by atoms with van der Waals surface area (Å²) in [6, 6.07) is -0.126. The number of hydrogen-bond acceptors (Lipinski definition) is 3. The topological polar surface area (TPSA) is 68.2 Å². The minimum absolute atomic E-state index is 0.126. The van der Waals surface area contributed by atoms with Gasteiger partial charge in [-0.1, -0.05) is 0 Å². The Kier molecular flexibility index (Phi) is 7.08. The lowest BCUT2D eigenvalue weighted by molar-refractivity contribution is 0.193. The Morgan fingerprint density at radius 2 is 2.00 bits per heavy atom. The molecule has 0 bridgehead atoms. The molecule has 2 N–H and O–H groups in total. The van der Waals surface area contributed by atoms with E-state index in [1.165, 1.54) is 11.3 Å². The Morgan fingerprint density at radius 1 is 1.30 bits per heavy atom. The van der Waals surface area contributed by atoms with Crippen molar-refractivity contribution in [3.63, 3.8) is 0 Å². The molecule has 114 valence electrons. The van der Waals surface area contributed by atoms with Crippen LogP contribution in [-0.4, -0.2) is 42.6 Å². The van der Waals surface area contributed by atoms with E-state index in [2.05, 4.69) is 29.6 Å². The van der Waals surface area contributed by atoms with Gasteiger partial charge in [-0.05, 0) is 39.2 Å². The van der Waals surface area contributed by atoms with Crippen LogP contribution in [0.1, 0.15) is 30.3 Å². The molecule has 6 nitrogen and oxygen atoms in total. The highest BCUT2D eigenvalue weighted by atomic mass is 16.5. The Morgan fingerprint density at radius 3 is 2.60 bits per heavy atom. The number of aryl methyl sites for hydroxylation is 2. The summed E-state index contributed by atoms with van der Waals surface area (Å²) in [4.78, 5) is 11.5. The second-order valence-corrected chi connectivity index (χ2v) is 4.74. The van der Waals surface area contributed by atoms with Crippen LogP contribution >= 0.6 is 0 Å². The quantitative estimate of drug-likeness (QED) is 0.708. The molecule has 0 saturated carbocycles. The molecule has 0 fully saturated rings. The van der Waals surface area contributed by atoms with Gasteiger partial charge in [0, 0.05) is 39.0 Å². The van der Waals surface area contributed by atoms with Gasteiger partial charge in [0.05, 0.1) is 5.69 Å². The predicted molar refractivity (Wildman–Crippen MR) is 79.0 cm³/mol. The van der Waals surface area contributed by atoms with Gasteiger partial charge in [-0.2, -0.15) is 5.10 Å². The molecular weight excluding hydrogens is 256 g/mol. The Labute approximate surface area is 120 Å². The number of aromatic nitrogens is 2. The molecule has 1 aromatic heterocycles. The number of urea groups is 1. The molecule has 0 aliphatic heterocycles. The molecule has 0 aliphatic rings. The largest absolute Gasteiger partial charge is 0.385 e. The van der Waals surface area contributed by atoms with Gasteiger partial charge in [-0.15, -0.1) is 0 Å². The van der Waals surface area contributed by atoms with Crippen LogP contribution in [0.15, 0.2) is 0 Å².